The van der Waals surface area contributed by atoms with Gasteiger partial charge in [-0.1, -0.05) is 0 Å². The van der Waals surface area contributed by atoms with Gasteiger partial charge in [0.1, 0.15) is 17.2 Å². The fraction of sp³-hybridized carbons (Fsp3) is 0.250. The van der Waals surface area contributed by atoms with Crippen molar-refractivity contribution in [2.45, 2.75) is 18.5 Å². The molecule has 2 unspecified atom stereocenters. The van der Waals surface area contributed by atoms with E-state index in [9.17, 15) is 27.9 Å². The average Bonchev–Trinajstić information content (AvgIpc) is 3.32. The van der Waals surface area contributed by atoms with E-state index in [1.165, 1.54) is 0 Å². The monoisotopic (exact) mass is 416 g/mol. The van der Waals surface area contributed by atoms with Crippen LogP contribution in [0.2, 0.25) is 0 Å². The molecule has 2 aromatic heterocycles. The summed E-state index contributed by atoms with van der Waals surface area (Å²) in [5.74, 6) is -4.10. The Morgan fingerprint density at radius 2 is 2.00 bits per heavy atom. The van der Waals surface area contributed by atoms with E-state index < -0.39 is 34.4 Å². The quantitative estimate of drug-likeness (QED) is 0.680. The number of carboxylic acid groups (broad SMARTS) is 1. The normalized spacial score (nSPS) is 20.3. The summed E-state index contributed by atoms with van der Waals surface area (Å²) in [6.07, 6.45) is 1.76. The van der Waals surface area contributed by atoms with Crippen molar-refractivity contribution in [1.82, 2.24) is 14.9 Å². The highest BCUT2D eigenvalue weighted by atomic mass is 19.1. The maximum absolute atomic E-state index is 14.9. The molecule has 0 amide bonds. The van der Waals surface area contributed by atoms with Crippen LogP contribution >= 0.6 is 0 Å². The number of fused-ring (bicyclic) bond motifs is 3. The molecular formula is C20H15F3N4O3. The van der Waals surface area contributed by atoms with Crippen LogP contribution in [0.5, 0.6) is 0 Å². The number of hydrogen-bond acceptors (Lipinski definition) is 5. The zero-order valence-corrected chi connectivity index (χ0v) is 15.4. The summed E-state index contributed by atoms with van der Waals surface area (Å²) in [5, 5.41) is 12.4. The molecule has 2 fully saturated rings. The maximum Gasteiger partial charge on any atom is 0.341 e. The molecule has 3 aromatic rings. The van der Waals surface area contributed by atoms with Crippen LogP contribution in [0.1, 0.15) is 16.8 Å². The van der Waals surface area contributed by atoms with E-state index in [-0.39, 0.29) is 34.6 Å². The first-order valence-corrected chi connectivity index (χ1v) is 9.28. The SMILES string of the molecule is O=C(O)c1cn(-c2ccc(F)cc2F)c2nc(N3CC4CC3CN4)c(F)cc2c1=O. The lowest BCUT2D eigenvalue weighted by molar-refractivity contribution is 0.0695. The Kier molecular flexibility index (Phi) is 4.07. The van der Waals surface area contributed by atoms with Gasteiger partial charge in [0, 0.05) is 37.4 Å². The van der Waals surface area contributed by atoms with E-state index in [1.807, 2.05) is 0 Å². The Morgan fingerprint density at radius 3 is 2.63 bits per heavy atom. The van der Waals surface area contributed by atoms with E-state index in [2.05, 4.69) is 10.3 Å². The predicted octanol–water partition coefficient (Wildman–Crippen LogP) is 2.05. The molecule has 154 valence electrons. The van der Waals surface area contributed by atoms with Crippen molar-refractivity contribution in [3.63, 3.8) is 0 Å². The van der Waals surface area contributed by atoms with Crippen molar-refractivity contribution in [3.05, 3.63) is 63.7 Å². The van der Waals surface area contributed by atoms with Gasteiger partial charge in [-0.25, -0.2) is 22.9 Å². The molecule has 4 heterocycles. The summed E-state index contributed by atoms with van der Waals surface area (Å²) >= 11 is 0. The minimum atomic E-state index is -1.55. The largest absolute Gasteiger partial charge is 0.477 e. The second-order valence-electron chi connectivity index (χ2n) is 7.45. The number of carboxylic acids is 1. The van der Waals surface area contributed by atoms with Crippen LogP contribution in [-0.2, 0) is 0 Å². The molecule has 2 bridgehead atoms. The smallest absolute Gasteiger partial charge is 0.341 e. The van der Waals surface area contributed by atoms with Crippen LogP contribution in [0.4, 0.5) is 19.0 Å². The summed E-state index contributed by atoms with van der Waals surface area (Å²) in [7, 11) is 0. The third-order valence-corrected chi connectivity index (χ3v) is 5.64. The standard InChI is InChI=1S/C20H15F3N4O3/c21-9-1-2-16(14(22)3-9)27-8-13(20(29)30)17(28)12-5-15(23)19(25-18(12)27)26-7-10-4-11(26)6-24-10/h1-3,5,8,10-11,24H,4,6-7H2,(H,29,30). The van der Waals surface area contributed by atoms with Crippen LogP contribution in [0.15, 0.2) is 35.3 Å². The highest BCUT2D eigenvalue weighted by Crippen LogP contribution is 2.32. The second kappa shape index (κ2) is 6.56. The number of pyridine rings is 2. The van der Waals surface area contributed by atoms with E-state index >= 15 is 0 Å². The molecule has 2 N–H and O–H groups in total. The fourth-order valence-electron chi connectivity index (χ4n) is 4.25. The topological polar surface area (TPSA) is 87.5 Å². The van der Waals surface area contributed by atoms with Crippen molar-refractivity contribution in [2.75, 3.05) is 18.0 Å². The van der Waals surface area contributed by atoms with Crippen LogP contribution < -0.4 is 15.6 Å². The van der Waals surface area contributed by atoms with Crippen LogP contribution in [-0.4, -0.2) is 45.8 Å². The van der Waals surface area contributed by atoms with Gasteiger partial charge in [-0.05, 0) is 24.6 Å². The molecule has 0 aliphatic carbocycles. The van der Waals surface area contributed by atoms with Crippen LogP contribution in [0, 0.1) is 17.5 Å². The molecular weight excluding hydrogens is 401 g/mol. The van der Waals surface area contributed by atoms with Gasteiger partial charge in [-0.15, -0.1) is 0 Å². The van der Waals surface area contributed by atoms with Crippen molar-refractivity contribution in [3.8, 4) is 5.69 Å². The molecule has 5 rings (SSSR count). The average molecular weight is 416 g/mol. The lowest BCUT2D eigenvalue weighted by atomic mass is 10.1. The number of aromatic carboxylic acids is 1. The van der Waals surface area contributed by atoms with Crippen molar-refractivity contribution < 1.29 is 23.1 Å². The van der Waals surface area contributed by atoms with E-state index in [0.717, 1.165) is 35.4 Å². The molecule has 10 heteroatoms. The first-order chi connectivity index (χ1) is 14.3. The maximum atomic E-state index is 14.9. The fourth-order valence-corrected chi connectivity index (χ4v) is 4.25. The lowest BCUT2D eigenvalue weighted by Gasteiger charge is -2.29. The number of aromatic nitrogens is 2. The Morgan fingerprint density at radius 1 is 1.20 bits per heavy atom. The minimum Gasteiger partial charge on any atom is -0.477 e. The number of nitrogens with one attached hydrogen (secondary N) is 1. The number of nitrogens with zero attached hydrogens (tertiary/aromatic N) is 3. The molecule has 1 aromatic carbocycles. The summed E-state index contributed by atoms with van der Waals surface area (Å²) in [6.45, 7) is 1.20. The Hall–Kier alpha value is -3.40. The summed E-state index contributed by atoms with van der Waals surface area (Å²) in [5.41, 5.74) is -1.93. The molecule has 2 saturated heterocycles. The first-order valence-electron chi connectivity index (χ1n) is 9.28. The number of rotatable bonds is 3. The third kappa shape index (κ3) is 2.75. The number of halogens is 3. The van der Waals surface area contributed by atoms with Gasteiger partial charge in [0.05, 0.1) is 11.1 Å². The van der Waals surface area contributed by atoms with E-state index in [0.29, 0.717) is 19.2 Å². The van der Waals surface area contributed by atoms with Crippen LogP contribution in [0.25, 0.3) is 16.7 Å². The van der Waals surface area contributed by atoms with Gasteiger partial charge in [-0.2, -0.15) is 0 Å². The molecule has 30 heavy (non-hydrogen) atoms. The van der Waals surface area contributed by atoms with Gasteiger partial charge < -0.3 is 15.3 Å². The van der Waals surface area contributed by atoms with Crippen LogP contribution in [0.3, 0.4) is 0 Å². The van der Waals surface area contributed by atoms with Gasteiger partial charge in [0.25, 0.3) is 0 Å². The number of benzene rings is 1. The highest BCUT2D eigenvalue weighted by molar-refractivity contribution is 5.92. The number of anilines is 1. The zero-order valence-electron chi connectivity index (χ0n) is 15.4. The molecule has 0 saturated carbocycles. The molecule has 7 nitrogen and oxygen atoms in total. The summed E-state index contributed by atoms with van der Waals surface area (Å²) < 4.78 is 43.9. The van der Waals surface area contributed by atoms with Crippen molar-refractivity contribution >= 4 is 22.8 Å². The van der Waals surface area contributed by atoms with Crippen molar-refractivity contribution in [1.29, 1.82) is 0 Å². The second-order valence-corrected chi connectivity index (χ2v) is 7.45. The van der Waals surface area contributed by atoms with E-state index in [4.69, 9.17) is 0 Å². The molecule has 2 aliphatic heterocycles. The van der Waals surface area contributed by atoms with Crippen molar-refractivity contribution in [2.24, 2.45) is 0 Å². The predicted molar refractivity (Wildman–Crippen MR) is 102 cm³/mol. The Labute approximate surface area is 167 Å². The van der Waals surface area contributed by atoms with Gasteiger partial charge in [0.15, 0.2) is 17.3 Å². The third-order valence-electron chi connectivity index (χ3n) is 5.64. The highest BCUT2D eigenvalue weighted by Gasteiger charge is 2.39. The number of carbonyl (C=O) groups is 1. The first kappa shape index (κ1) is 18.6. The molecule has 2 atom stereocenters. The Balaban J connectivity index is 1.80. The minimum absolute atomic E-state index is 0.00949. The van der Waals surface area contributed by atoms with Gasteiger partial charge >= 0.3 is 5.97 Å². The summed E-state index contributed by atoms with van der Waals surface area (Å²) in [6, 6.07) is 3.91. The molecule has 2 aliphatic rings. The van der Waals surface area contributed by atoms with Gasteiger partial charge in [0.2, 0.25) is 5.43 Å². The lowest BCUT2D eigenvalue weighted by Crippen LogP contribution is -2.44. The van der Waals surface area contributed by atoms with E-state index in [1.54, 1.807) is 4.90 Å². The molecule has 0 spiro atoms. The summed E-state index contributed by atoms with van der Waals surface area (Å²) in [4.78, 5) is 30.3. The molecule has 0 radical (unpaired) electrons. The number of piperazine rings is 1. The van der Waals surface area contributed by atoms with Gasteiger partial charge in [-0.3, -0.25) is 9.36 Å². The number of hydrogen-bond donors (Lipinski definition) is 2. The zero-order chi connectivity index (χ0) is 21.2. The Bertz CT molecular complexity index is 1280.